The highest BCUT2D eigenvalue weighted by Crippen LogP contribution is 2.28. The first kappa shape index (κ1) is 16.2. The summed E-state index contributed by atoms with van der Waals surface area (Å²) in [7, 11) is 1.49. The van der Waals surface area contributed by atoms with E-state index in [4.69, 9.17) is 10.6 Å². The van der Waals surface area contributed by atoms with Crippen molar-refractivity contribution in [2.45, 2.75) is 57.4 Å². The van der Waals surface area contributed by atoms with Gasteiger partial charge in [0.15, 0.2) is 11.6 Å². The van der Waals surface area contributed by atoms with Gasteiger partial charge in [-0.25, -0.2) is 4.39 Å². The molecule has 3 N–H and O–H groups in total. The Labute approximate surface area is 127 Å². The molecule has 1 aliphatic carbocycles. The molecule has 0 spiro atoms. The zero-order valence-corrected chi connectivity index (χ0v) is 12.9. The highest BCUT2D eigenvalue weighted by Gasteiger charge is 2.18. The Bertz CT molecular complexity index is 433. The number of ether oxygens (including phenoxy) is 1. The Balaban J connectivity index is 1.89. The molecule has 4 heteroatoms. The molecule has 1 aromatic rings. The standard InChI is InChI=1S/C17H27FN2O/c1-21-16-9-5-8-14(17(16)18)12-15(20-19)11-10-13-6-3-2-4-7-13/h5,8-9,13,15,20H,2-4,6-7,10-12,19H2,1H3. The number of hydrazine groups is 1. The minimum atomic E-state index is -0.266. The molecule has 1 aromatic carbocycles. The van der Waals surface area contributed by atoms with E-state index in [1.807, 2.05) is 12.1 Å². The molecule has 21 heavy (non-hydrogen) atoms. The Kier molecular flexibility index (Phi) is 6.46. The van der Waals surface area contributed by atoms with Crippen molar-refractivity contribution in [2.75, 3.05) is 7.11 Å². The van der Waals surface area contributed by atoms with Gasteiger partial charge in [-0.2, -0.15) is 0 Å². The predicted octanol–water partition coefficient (Wildman–Crippen LogP) is 3.57. The minimum absolute atomic E-state index is 0.119. The molecule has 1 saturated carbocycles. The topological polar surface area (TPSA) is 47.3 Å². The van der Waals surface area contributed by atoms with Crippen molar-refractivity contribution in [1.82, 2.24) is 5.43 Å². The highest BCUT2D eigenvalue weighted by atomic mass is 19.1. The minimum Gasteiger partial charge on any atom is -0.494 e. The molecule has 1 fully saturated rings. The lowest BCUT2D eigenvalue weighted by Gasteiger charge is -2.24. The summed E-state index contributed by atoms with van der Waals surface area (Å²) in [5.41, 5.74) is 3.51. The maximum Gasteiger partial charge on any atom is 0.168 e. The first-order chi connectivity index (χ1) is 10.2. The number of nitrogens with two attached hydrogens (primary N) is 1. The molecule has 0 aliphatic heterocycles. The lowest BCUT2D eigenvalue weighted by atomic mass is 9.84. The molecule has 1 unspecified atom stereocenters. The van der Waals surface area contributed by atoms with Crippen LogP contribution in [0.4, 0.5) is 4.39 Å². The number of hydrogen-bond acceptors (Lipinski definition) is 3. The summed E-state index contributed by atoms with van der Waals surface area (Å²) in [4.78, 5) is 0. The third-order valence-corrected chi connectivity index (χ3v) is 4.61. The van der Waals surface area contributed by atoms with Crippen molar-refractivity contribution in [1.29, 1.82) is 0 Å². The summed E-state index contributed by atoms with van der Waals surface area (Å²) in [6.07, 6.45) is 9.55. The van der Waals surface area contributed by atoms with Crippen molar-refractivity contribution < 1.29 is 9.13 Å². The lowest BCUT2D eigenvalue weighted by molar-refractivity contribution is 0.312. The van der Waals surface area contributed by atoms with Gasteiger partial charge in [0.2, 0.25) is 0 Å². The van der Waals surface area contributed by atoms with E-state index in [-0.39, 0.29) is 11.9 Å². The van der Waals surface area contributed by atoms with E-state index in [0.29, 0.717) is 17.7 Å². The van der Waals surface area contributed by atoms with Crippen LogP contribution in [0.2, 0.25) is 0 Å². The molecular weight excluding hydrogens is 267 g/mol. The van der Waals surface area contributed by atoms with Crippen molar-refractivity contribution in [2.24, 2.45) is 11.8 Å². The zero-order valence-electron chi connectivity index (χ0n) is 12.9. The second-order valence-electron chi connectivity index (χ2n) is 6.08. The van der Waals surface area contributed by atoms with Crippen LogP contribution in [-0.4, -0.2) is 13.2 Å². The first-order valence-electron chi connectivity index (χ1n) is 8.02. The van der Waals surface area contributed by atoms with E-state index in [1.54, 1.807) is 6.07 Å². The van der Waals surface area contributed by atoms with Crippen molar-refractivity contribution in [3.05, 3.63) is 29.6 Å². The molecule has 2 rings (SSSR count). The SMILES string of the molecule is COc1cccc(CC(CCC2CCCCC2)NN)c1F. The predicted molar refractivity (Wildman–Crippen MR) is 83.6 cm³/mol. The Morgan fingerprint density at radius 1 is 1.33 bits per heavy atom. The van der Waals surface area contributed by atoms with Crippen LogP contribution >= 0.6 is 0 Å². The normalized spacial score (nSPS) is 17.7. The van der Waals surface area contributed by atoms with Gasteiger partial charge in [-0.3, -0.25) is 11.3 Å². The molecule has 3 nitrogen and oxygen atoms in total. The number of hydrogen-bond donors (Lipinski definition) is 2. The molecule has 1 aliphatic rings. The molecule has 0 aromatic heterocycles. The van der Waals surface area contributed by atoms with Crippen LogP contribution in [0.15, 0.2) is 18.2 Å². The summed E-state index contributed by atoms with van der Waals surface area (Å²) in [5, 5.41) is 0. The average molecular weight is 294 g/mol. The van der Waals surface area contributed by atoms with E-state index >= 15 is 0 Å². The fourth-order valence-electron chi connectivity index (χ4n) is 3.29. The van der Waals surface area contributed by atoms with Crippen LogP contribution in [0.3, 0.4) is 0 Å². The van der Waals surface area contributed by atoms with Crippen LogP contribution in [0, 0.1) is 11.7 Å². The maximum atomic E-state index is 14.2. The Hall–Kier alpha value is -1.13. The monoisotopic (exact) mass is 294 g/mol. The molecule has 0 heterocycles. The third kappa shape index (κ3) is 4.68. The smallest absolute Gasteiger partial charge is 0.168 e. The van der Waals surface area contributed by atoms with E-state index < -0.39 is 0 Å². The summed E-state index contributed by atoms with van der Waals surface area (Å²) >= 11 is 0. The number of nitrogens with one attached hydrogen (secondary N) is 1. The second kappa shape index (κ2) is 8.35. The number of halogens is 1. The third-order valence-electron chi connectivity index (χ3n) is 4.61. The van der Waals surface area contributed by atoms with Gasteiger partial charge in [0.25, 0.3) is 0 Å². The van der Waals surface area contributed by atoms with Gasteiger partial charge in [0.05, 0.1) is 7.11 Å². The molecule has 0 radical (unpaired) electrons. The quantitative estimate of drug-likeness (QED) is 0.597. The number of rotatable bonds is 7. The Morgan fingerprint density at radius 2 is 2.10 bits per heavy atom. The number of benzene rings is 1. The fourth-order valence-corrected chi connectivity index (χ4v) is 3.29. The summed E-state index contributed by atoms with van der Waals surface area (Å²) < 4.78 is 19.2. The van der Waals surface area contributed by atoms with E-state index in [0.717, 1.165) is 12.3 Å². The van der Waals surface area contributed by atoms with Crippen molar-refractivity contribution in [3.8, 4) is 5.75 Å². The molecular formula is C17H27FN2O. The van der Waals surface area contributed by atoms with Gasteiger partial charge < -0.3 is 4.74 Å². The second-order valence-corrected chi connectivity index (χ2v) is 6.08. The van der Waals surface area contributed by atoms with Gasteiger partial charge in [-0.05, 0) is 36.8 Å². The summed E-state index contributed by atoms with van der Waals surface area (Å²) in [5.74, 6) is 6.51. The van der Waals surface area contributed by atoms with Crippen LogP contribution in [0.25, 0.3) is 0 Å². The number of methoxy groups -OCH3 is 1. The van der Waals surface area contributed by atoms with Crippen molar-refractivity contribution >= 4 is 0 Å². The molecule has 118 valence electrons. The zero-order chi connectivity index (χ0) is 15.1. The summed E-state index contributed by atoms with van der Waals surface area (Å²) in [6.45, 7) is 0. The molecule has 0 bridgehead atoms. The van der Waals surface area contributed by atoms with Gasteiger partial charge >= 0.3 is 0 Å². The highest BCUT2D eigenvalue weighted by molar-refractivity contribution is 5.31. The lowest BCUT2D eigenvalue weighted by Crippen LogP contribution is -2.37. The van der Waals surface area contributed by atoms with Crippen LogP contribution in [0.1, 0.15) is 50.5 Å². The van der Waals surface area contributed by atoms with Crippen LogP contribution in [-0.2, 0) is 6.42 Å². The van der Waals surface area contributed by atoms with E-state index in [9.17, 15) is 4.39 Å². The maximum absolute atomic E-state index is 14.2. The molecule has 1 atom stereocenters. The van der Waals surface area contributed by atoms with Crippen molar-refractivity contribution in [3.63, 3.8) is 0 Å². The van der Waals surface area contributed by atoms with Crippen LogP contribution in [0.5, 0.6) is 5.75 Å². The summed E-state index contributed by atoms with van der Waals surface area (Å²) in [6, 6.07) is 5.40. The van der Waals surface area contributed by atoms with E-state index in [1.165, 1.54) is 45.6 Å². The average Bonchev–Trinajstić information content (AvgIpc) is 2.54. The van der Waals surface area contributed by atoms with Gasteiger partial charge in [0.1, 0.15) is 0 Å². The first-order valence-corrected chi connectivity index (χ1v) is 8.02. The van der Waals surface area contributed by atoms with Crippen LogP contribution < -0.4 is 16.0 Å². The molecule has 0 saturated heterocycles. The van der Waals surface area contributed by atoms with E-state index in [2.05, 4.69) is 5.43 Å². The van der Waals surface area contributed by atoms with Gasteiger partial charge in [-0.1, -0.05) is 44.2 Å². The Morgan fingerprint density at radius 3 is 2.76 bits per heavy atom. The largest absolute Gasteiger partial charge is 0.494 e. The van der Waals surface area contributed by atoms with Gasteiger partial charge in [-0.15, -0.1) is 0 Å². The molecule has 0 amide bonds. The fraction of sp³-hybridized carbons (Fsp3) is 0.647. The van der Waals surface area contributed by atoms with Gasteiger partial charge in [0, 0.05) is 6.04 Å².